The van der Waals surface area contributed by atoms with Gasteiger partial charge in [0.1, 0.15) is 11.5 Å². The van der Waals surface area contributed by atoms with E-state index in [1.54, 1.807) is 37.6 Å². The highest BCUT2D eigenvalue weighted by Gasteiger charge is 2.07. The van der Waals surface area contributed by atoms with E-state index >= 15 is 0 Å². The summed E-state index contributed by atoms with van der Waals surface area (Å²) in [5.41, 5.74) is 3.83. The number of nitrogens with one attached hydrogen (secondary N) is 1. The molecule has 0 radical (unpaired) electrons. The number of amides is 1. The molecule has 0 atom stereocenters. The lowest BCUT2D eigenvalue weighted by molar-refractivity contribution is 0.0955. The molecule has 0 unspecified atom stereocenters. The predicted molar refractivity (Wildman–Crippen MR) is 106 cm³/mol. The predicted octanol–water partition coefficient (Wildman–Crippen LogP) is 4.77. The van der Waals surface area contributed by atoms with Crippen molar-refractivity contribution in [1.29, 1.82) is 0 Å². The Hall–Kier alpha value is -1.86. The molecule has 0 fully saturated rings. The second-order valence-corrected chi connectivity index (χ2v) is 6.80. The molecule has 0 heterocycles. The topological polar surface area (TPSA) is 59.9 Å². The van der Waals surface area contributed by atoms with E-state index in [-0.39, 0.29) is 5.91 Å². The van der Waals surface area contributed by atoms with Crippen molar-refractivity contribution in [2.24, 2.45) is 5.10 Å². The van der Waals surface area contributed by atoms with Crippen LogP contribution in [-0.4, -0.2) is 25.8 Å². The molecular weight excluding hydrogens is 452 g/mol. The Morgan fingerprint density at radius 1 is 1.20 bits per heavy atom. The molecule has 5 nitrogen and oxygen atoms in total. The SMILES string of the molecule is CCCOc1ccc(C(=O)N/N=C\c2cc(Br)c(OC)c(Br)c2)cc1. The van der Waals surface area contributed by atoms with Crippen molar-refractivity contribution in [3.05, 3.63) is 56.5 Å². The molecule has 0 saturated carbocycles. The normalized spacial score (nSPS) is 10.7. The Kier molecular flexibility index (Phi) is 7.46. The number of ether oxygens (including phenoxy) is 2. The fourth-order valence-corrected chi connectivity index (χ4v) is 3.55. The zero-order valence-corrected chi connectivity index (χ0v) is 17.1. The van der Waals surface area contributed by atoms with Crippen molar-refractivity contribution < 1.29 is 14.3 Å². The minimum atomic E-state index is -0.287. The van der Waals surface area contributed by atoms with Gasteiger partial charge in [-0.3, -0.25) is 4.79 Å². The monoisotopic (exact) mass is 468 g/mol. The highest BCUT2D eigenvalue weighted by molar-refractivity contribution is 9.11. The van der Waals surface area contributed by atoms with Crippen LogP contribution in [0.1, 0.15) is 29.3 Å². The molecular formula is C18H18Br2N2O3. The van der Waals surface area contributed by atoms with Crippen LogP contribution in [0.2, 0.25) is 0 Å². The molecule has 2 aromatic carbocycles. The smallest absolute Gasteiger partial charge is 0.271 e. The fourth-order valence-electron chi connectivity index (χ4n) is 2.00. The molecule has 0 aliphatic rings. The first kappa shape index (κ1) is 19.5. The number of nitrogens with zero attached hydrogens (tertiary/aromatic N) is 1. The van der Waals surface area contributed by atoms with Crippen LogP contribution in [0.25, 0.3) is 0 Å². The van der Waals surface area contributed by atoms with Crippen molar-refractivity contribution in [3.8, 4) is 11.5 Å². The molecule has 0 spiro atoms. The Morgan fingerprint density at radius 2 is 1.84 bits per heavy atom. The van der Waals surface area contributed by atoms with Crippen molar-refractivity contribution >= 4 is 44.0 Å². The van der Waals surface area contributed by atoms with Gasteiger partial charge >= 0.3 is 0 Å². The first-order valence-electron chi connectivity index (χ1n) is 7.64. The van der Waals surface area contributed by atoms with E-state index in [9.17, 15) is 4.79 Å². The number of carbonyl (C=O) groups is 1. The van der Waals surface area contributed by atoms with Crippen LogP contribution < -0.4 is 14.9 Å². The van der Waals surface area contributed by atoms with Crippen molar-refractivity contribution in [2.45, 2.75) is 13.3 Å². The summed E-state index contributed by atoms with van der Waals surface area (Å²) in [7, 11) is 1.59. The summed E-state index contributed by atoms with van der Waals surface area (Å²) in [6, 6.07) is 10.6. The van der Waals surface area contributed by atoms with Crippen LogP contribution in [0.15, 0.2) is 50.4 Å². The van der Waals surface area contributed by atoms with Crippen LogP contribution in [0, 0.1) is 0 Å². The molecule has 7 heteroatoms. The Balaban J connectivity index is 1.98. The van der Waals surface area contributed by atoms with Crippen LogP contribution in [0.4, 0.5) is 0 Å². The molecule has 25 heavy (non-hydrogen) atoms. The Bertz CT molecular complexity index is 738. The maximum atomic E-state index is 12.1. The number of methoxy groups -OCH3 is 1. The minimum Gasteiger partial charge on any atom is -0.494 e. The number of carbonyl (C=O) groups excluding carboxylic acids is 1. The zero-order valence-electron chi connectivity index (χ0n) is 13.9. The van der Waals surface area contributed by atoms with Crippen molar-refractivity contribution in [1.82, 2.24) is 5.43 Å². The molecule has 0 aliphatic carbocycles. The van der Waals surface area contributed by atoms with Gasteiger partial charge in [-0.25, -0.2) is 5.43 Å². The van der Waals surface area contributed by atoms with Gasteiger partial charge in [-0.1, -0.05) is 6.92 Å². The maximum absolute atomic E-state index is 12.1. The summed E-state index contributed by atoms with van der Waals surface area (Å²) in [4.78, 5) is 12.1. The number of halogens is 2. The van der Waals surface area contributed by atoms with Crippen LogP contribution in [0.3, 0.4) is 0 Å². The Morgan fingerprint density at radius 3 is 2.40 bits per heavy atom. The highest BCUT2D eigenvalue weighted by atomic mass is 79.9. The lowest BCUT2D eigenvalue weighted by Crippen LogP contribution is -2.17. The van der Waals surface area contributed by atoms with Crippen LogP contribution in [-0.2, 0) is 0 Å². The lowest BCUT2D eigenvalue weighted by Gasteiger charge is -2.07. The third kappa shape index (κ3) is 5.57. The average Bonchev–Trinajstić information content (AvgIpc) is 2.60. The molecule has 132 valence electrons. The Labute approximate surface area is 163 Å². The number of rotatable bonds is 7. The van der Waals surface area contributed by atoms with Gasteiger partial charge in [0.05, 0.1) is 28.9 Å². The van der Waals surface area contributed by atoms with Crippen LogP contribution >= 0.6 is 31.9 Å². The molecule has 2 aromatic rings. The molecule has 0 saturated heterocycles. The van der Waals surface area contributed by atoms with Crippen molar-refractivity contribution in [2.75, 3.05) is 13.7 Å². The third-order valence-electron chi connectivity index (χ3n) is 3.19. The summed E-state index contributed by atoms with van der Waals surface area (Å²) >= 11 is 6.85. The van der Waals surface area contributed by atoms with Crippen LogP contribution in [0.5, 0.6) is 11.5 Å². The zero-order chi connectivity index (χ0) is 18.2. The van der Waals surface area contributed by atoms with Gasteiger partial charge in [-0.15, -0.1) is 0 Å². The van der Waals surface area contributed by atoms with Gasteiger partial charge in [0.25, 0.3) is 5.91 Å². The lowest BCUT2D eigenvalue weighted by atomic mass is 10.2. The quantitative estimate of drug-likeness (QED) is 0.469. The van der Waals surface area contributed by atoms with Gasteiger partial charge in [0.15, 0.2) is 0 Å². The van der Waals surface area contributed by atoms with Gasteiger partial charge in [0, 0.05) is 5.56 Å². The summed E-state index contributed by atoms with van der Waals surface area (Å²) < 4.78 is 12.3. The van der Waals surface area contributed by atoms with Gasteiger partial charge < -0.3 is 9.47 Å². The summed E-state index contributed by atoms with van der Waals surface area (Å²) in [6.45, 7) is 2.70. The van der Waals surface area contributed by atoms with Gasteiger partial charge in [-0.05, 0) is 80.2 Å². The second kappa shape index (κ2) is 9.58. The maximum Gasteiger partial charge on any atom is 0.271 e. The summed E-state index contributed by atoms with van der Waals surface area (Å²) in [6.07, 6.45) is 2.50. The van der Waals surface area contributed by atoms with E-state index in [4.69, 9.17) is 9.47 Å². The largest absolute Gasteiger partial charge is 0.494 e. The van der Waals surface area contributed by atoms with E-state index in [2.05, 4.69) is 42.4 Å². The first-order chi connectivity index (χ1) is 12.0. The number of hydrazone groups is 1. The average molecular weight is 470 g/mol. The number of benzene rings is 2. The molecule has 0 aliphatic heterocycles. The fraction of sp³-hybridized carbons (Fsp3) is 0.222. The second-order valence-electron chi connectivity index (χ2n) is 5.09. The minimum absolute atomic E-state index is 0.287. The van der Waals surface area contributed by atoms with E-state index in [0.29, 0.717) is 17.9 Å². The molecule has 1 N–H and O–H groups in total. The number of hydrogen-bond acceptors (Lipinski definition) is 4. The standard InChI is InChI=1S/C18H18Br2N2O3/c1-3-8-25-14-6-4-13(5-7-14)18(23)22-21-11-12-9-15(19)17(24-2)16(20)10-12/h4-7,9-11H,3,8H2,1-2H3,(H,22,23)/b21-11-. The van der Waals surface area contributed by atoms with E-state index in [1.165, 1.54) is 0 Å². The van der Waals surface area contributed by atoms with Gasteiger partial charge in [-0.2, -0.15) is 5.10 Å². The van der Waals surface area contributed by atoms with E-state index in [0.717, 1.165) is 26.7 Å². The highest BCUT2D eigenvalue weighted by Crippen LogP contribution is 2.33. The molecule has 1 amide bonds. The summed E-state index contributed by atoms with van der Waals surface area (Å²) in [5, 5.41) is 3.99. The molecule has 0 aromatic heterocycles. The van der Waals surface area contributed by atoms with E-state index < -0.39 is 0 Å². The number of hydrogen-bond donors (Lipinski definition) is 1. The molecule has 2 rings (SSSR count). The summed E-state index contributed by atoms with van der Waals surface area (Å²) in [5.74, 6) is 1.16. The first-order valence-corrected chi connectivity index (χ1v) is 9.23. The third-order valence-corrected chi connectivity index (χ3v) is 4.37. The van der Waals surface area contributed by atoms with E-state index in [1.807, 2.05) is 19.1 Å². The van der Waals surface area contributed by atoms with Crippen molar-refractivity contribution in [3.63, 3.8) is 0 Å². The molecule has 0 bridgehead atoms. The van der Waals surface area contributed by atoms with Gasteiger partial charge in [0.2, 0.25) is 0 Å².